The SMILES string of the molecule is CNC(C)CNS(=O)(=O)c1ccc(C)c(F)c1.Cl. The Morgan fingerprint density at radius 3 is 2.50 bits per heavy atom. The topological polar surface area (TPSA) is 58.2 Å². The summed E-state index contributed by atoms with van der Waals surface area (Å²) in [7, 11) is -1.89. The summed E-state index contributed by atoms with van der Waals surface area (Å²) in [6, 6.07) is 3.89. The zero-order chi connectivity index (χ0) is 13.1. The Kier molecular flexibility index (Phi) is 6.77. The van der Waals surface area contributed by atoms with Crippen LogP contribution in [-0.2, 0) is 10.0 Å². The summed E-state index contributed by atoms with van der Waals surface area (Å²) >= 11 is 0. The molecule has 1 aromatic rings. The maximum Gasteiger partial charge on any atom is 0.240 e. The molecule has 7 heteroatoms. The van der Waals surface area contributed by atoms with E-state index >= 15 is 0 Å². The lowest BCUT2D eigenvalue weighted by atomic mass is 10.2. The van der Waals surface area contributed by atoms with Gasteiger partial charge in [-0.25, -0.2) is 17.5 Å². The van der Waals surface area contributed by atoms with Crippen molar-refractivity contribution in [2.45, 2.75) is 24.8 Å². The maximum atomic E-state index is 13.3. The van der Waals surface area contributed by atoms with E-state index < -0.39 is 15.8 Å². The lowest BCUT2D eigenvalue weighted by Crippen LogP contribution is -2.37. The minimum absolute atomic E-state index is 0. The Morgan fingerprint density at radius 1 is 1.39 bits per heavy atom. The van der Waals surface area contributed by atoms with Crippen molar-refractivity contribution in [1.29, 1.82) is 0 Å². The molecule has 1 rings (SSSR count). The smallest absolute Gasteiger partial charge is 0.240 e. The summed E-state index contributed by atoms with van der Waals surface area (Å²) in [5.74, 6) is -0.519. The molecule has 0 fully saturated rings. The van der Waals surface area contributed by atoms with Crippen LogP contribution in [0.1, 0.15) is 12.5 Å². The van der Waals surface area contributed by atoms with Crippen LogP contribution in [0.2, 0.25) is 0 Å². The van der Waals surface area contributed by atoms with Gasteiger partial charge in [0.05, 0.1) is 4.90 Å². The minimum Gasteiger partial charge on any atom is -0.316 e. The van der Waals surface area contributed by atoms with E-state index in [1.165, 1.54) is 12.1 Å². The molecule has 0 aromatic heterocycles. The first kappa shape index (κ1) is 17.3. The van der Waals surface area contributed by atoms with Gasteiger partial charge in [-0.15, -0.1) is 12.4 Å². The first-order valence-corrected chi connectivity index (χ1v) is 6.78. The van der Waals surface area contributed by atoms with Crippen LogP contribution in [0.4, 0.5) is 4.39 Å². The number of halogens is 2. The van der Waals surface area contributed by atoms with E-state index in [1.54, 1.807) is 14.0 Å². The number of hydrogen-bond acceptors (Lipinski definition) is 3. The van der Waals surface area contributed by atoms with Gasteiger partial charge >= 0.3 is 0 Å². The largest absolute Gasteiger partial charge is 0.316 e. The first-order valence-electron chi connectivity index (χ1n) is 5.30. The monoisotopic (exact) mass is 296 g/mol. The van der Waals surface area contributed by atoms with Crippen LogP contribution in [0.25, 0.3) is 0 Å². The molecule has 0 bridgehead atoms. The molecule has 1 atom stereocenters. The predicted octanol–water partition coefficient (Wildman–Crippen LogP) is 1.44. The Balaban J connectivity index is 0.00000289. The van der Waals surface area contributed by atoms with Crippen molar-refractivity contribution in [3.05, 3.63) is 29.6 Å². The normalized spacial score (nSPS) is 12.9. The van der Waals surface area contributed by atoms with Gasteiger partial charge in [0.2, 0.25) is 10.0 Å². The highest BCUT2D eigenvalue weighted by Gasteiger charge is 2.15. The molecule has 0 saturated carbocycles. The molecule has 1 unspecified atom stereocenters. The highest BCUT2D eigenvalue weighted by Crippen LogP contribution is 2.13. The van der Waals surface area contributed by atoms with Crippen LogP contribution in [0, 0.1) is 12.7 Å². The number of likely N-dealkylation sites (N-methyl/N-ethyl adjacent to an activating group) is 1. The van der Waals surface area contributed by atoms with Crippen molar-refractivity contribution in [3.63, 3.8) is 0 Å². The molecule has 104 valence electrons. The number of nitrogens with one attached hydrogen (secondary N) is 2. The van der Waals surface area contributed by atoms with E-state index in [2.05, 4.69) is 10.0 Å². The summed E-state index contributed by atoms with van der Waals surface area (Å²) in [5.41, 5.74) is 0.424. The van der Waals surface area contributed by atoms with Crippen LogP contribution < -0.4 is 10.0 Å². The number of aryl methyl sites for hydroxylation is 1. The quantitative estimate of drug-likeness (QED) is 0.864. The number of hydrogen-bond donors (Lipinski definition) is 2. The van der Waals surface area contributed by atoms with E-state index in [0.717, 1.165) is 6.07 Å². The highest BCUT2D eigenvalue weighted by molar-refractivity contribution is 7.89. The van der Waals surface area contributed by atoms with Crippen molar-refractivity contribution in [2.75, 3.05) is 13.6 Å². The van der Waals surface area contributed by atoms with Crippen LogP contribution in [0.15, 0.2) is 23.1 Å². The van der Waals surface area contributed by atoms with Crippen molar-refractivity contribution in [2.24, 2.45) is 0 Å². The van der Waals surface area contributed by atoms with Gasteiger partial charge in [0.1, 0.15) is 5.82 Å². The van der Waals surface area contributed by atoms with Crippen LogP contribution in [0.3, 0.4) is 0 Å². The zero-order valence-electron chi connectivity index (χ0n) is 10.5. The molecule has 0 radical (unpaired) electrons. The van der Waals surface area contributed by atoms with Crippen molar-refractivity contribution >= 4 is 22.4 Å². The van der Waals surface area contributed by atoms with E-state index in [9.17, 15) is 12.8 Å². The molecule has 0 aliphatic carbocycles. The molecule has 0 heterocycles. The van der Waals surface area contributed by atoms with Crippen molar-refractivity contribution in [3.8, 4) is 0 Å². The zero-order valence-corrected chi connectivity index (χ0v) is 12.2. The molecule has 4 nitrogen and oxygen atoms in total. The second-order valence-electron chi connectivity index (χ2n) is 3.95. The molecule has 0 spiro atoms. The van der Waals surface area contributed by atoms with Gasteiger partial charge in [-0.05, 0) is 38.6 Å². The Bertz CT molecular complexity index is 494. The van der Waals surface area contributed by atoms with Gasteiger partial charge in [0, 0.05) is 12.6 Å². The molecule has 0 aliphatic rings. The number of rotatable bonds is 5. The lowest BCUT2D eigenvalue weighted by molar-refractivity contribution is 0.552. The molecule has 18 heavy (non-hydrogen) atoms. The summed E-state index contributed by atoms with van der Waals surface area (Å²) in [6.07, 6.45) is 0. The molecular formula is C11H18ClFN2O2S. The third-order valence-corrected chi connectivity index (χ3v) is 3.95. The van der Waals surface area contributed by atoms with Gasteiger partial charge < -0.3 is 5.32 Å². The number of benzene rings is 1. The Hall–Kier alpha value is -0.690. The Morgan fingerprint density at radius 2 is 2.00 bits per heavy atom. The third-order valence-electron chi connectivity index (χ3n) is 2.53. The van der Waals surface area contributed by atoms with E-state index in [1.807, 2.05) is 6.92 Å². The van der Waals surface area contributed by atoms with E-state index in [0.29, 0.717) is 5.56 Å². The summed E-state index contributed by atoms with van der Waals surface area (Å²) in [6.45, 7) is 3.69. The molecule has 2 N–H and O–H groups in total. The van der Waals surface area contributed by atoms with Gasteiger partial charge in [-0.2, -0.15) is 0 Å². The van der Waals surface area contributed by atoms with E-state index in [-0.39, 0.29) is 29.9 Å². The minimum atomic E-state index is -3.63. The van der Waals surface area contributed by atoms with E-state index in [4.69, 9.17) is 0 Å². The van der Waals surface area contributed by atoms with Gasteiger partial charge in [0.15, 0.2) is 0 Å². The number of sulfonamides is 1. The van der Waals surface area contributed by atoms with Gasteiger partial charge in [-0.1, -0.05) is 6.07 Å². The fourth-order valence-corrected chi connectivity index (χ4v) is 2.30. The highest BCUT2D eigenvalue weighted by atomic mass is 35.5. The summed E-state index contributed by atoms with van der Waals surface area (Å²) in [4.78, 5) is -0.0519. The summed E-state index contributed by atoms with van der Waals surface area (Å²) in [5, 5.41) is 2.91. The Labute approximate surface area is 113 Å². The summed E-state index contributed by atoms with van der Waals surface area (Å²) < 4.78 is 39.3. The molecule has 1 aromatic carbocycles. The van der Waals surface area contributed by atoms with Gasteiger partial charge in [-0.3, -0.25) is 0 Å². The first-order chi connectivity index (χ1) is 7.86. The fraction of sp³-hybridized carbons (Fsp3) is 0.455. The molecule has 0 amide bonds. The predicted molar refractivity (Wildman–Crippen MR) is 72.1 cm³/mol. The van der Waals surface area contributed by atoms with Crippen molar-refractivity contribution in [1.82, 2.24) is 10.0 Å². The van der Waals surface area contributed by atoms with Crippen LogP contribution in [-0.4, -0.2) is 28.1 Å². The average Bonchev–Trinajstić information content (AvgIpc) is 2.29. The standard InChI is InChI=1S/C11H17FN2O2S.ClH/c1-8-4-5-10(6-11(8)12)17(15,16)14-7-9(2)13-3;/h4-6,9,13-14H,7H2,1-3H3;1H. The molecular weight excluding hydrogens is 279 g/mol. The molecule has 0 aliphatic heterocycles. The average molecular weight is 297 g/mol. The fourth-order valence-electron chi connectivity index (χ4n) is 1.16. The van der Waals surface area contributed by atoms with Crippen LogP contribution in [0.5, 0.6) is 0 Å². The molecule has 0 saturated heterocycles. The van der Waals surface area contributed by atoms with Crippen molar-refractivity contribution < 1.29 is 12.8 Å². The van der Waals surface area contributed by atoms with Gasteiger partial charge in [0.25, 0.3) is 0 Å². The second kappa shape index (κ2) is 7.04. The maximum absolute atomic E-state index is 13.3. The third kappa shape index (κ3) is 4.53. The second-order valence-corrected chi connectivity index (χ2v) is 5.72. The lowest BCUT2D eigenvalue weighted by Gasteiger charge is -2.12. The van der Waals surface area contributed by atoms with Crippen LogP contribution >= 0.6 is 12.4 Å².